The van der Waals surface area contributed by atoms with Gasteiger partial charge >= 0.3 is 0 Å². The maximum atomic E-state index is 6.06. The molecule has 0 saturated carbocycles. The van der Waals surface area contributed by atoms with Crippen LogP contribution in [0.15, 0.2) is 41.5 Å². The Balaban J connectivity index is 1.64. The first-order valence-corrected chi connectivity index (χ1v) is 7.48. The first kappa shape index (κ1) is 14.6. The molecule has 1 aliphatic heterocycles. The Hall–Kier alpha value is -2.34. The lowest BCUT2D eigenvalue weighted by atomic mass is 10.2. The third kappa shape index (κ3) is 3.46. The molecule has 6 nitrogen and oxygen atoms in total. The van der Waals surface area contributed by atoms with Crippen molar-refractivity contribution in [3.63, 3.8) is 0 Å². The van der Waals surface area contributed by atoms with Gasteiger partial charge in [-0.05, 0) is 12.5 Å². The minimum absolute atomic E-state index is 0.191. The maximum absolute atomic E-state index is 6.06. The van der Waals surface area contributed by atoms with Crippen LogP contribution in [0.2, 0.25) is 0 Å². The van der Waals surface area contributed by atoms with Crippen LogP contribution >= 0.6 is 0 Å². The molecular weight excluding hydrogens is 278 g/mol. The fourth-order valence-electron chi connectivity index (χ4n) is 2.49. The number of benzene rings is 1. The van der Waals surface area contributed by atoms with Crippen molar-refractivity contribution in [2.45, 2.75) is 19.6 Å². The molecule has 1 aromatic carbocycles. The van der Waals surface area contributed by atoms with E-state index < -0.39 is 0 Å². The lowest BCUT2D eigenvalue weighted by molar-refractivity contribution is 0.00528. The Labute approximate surface area is 130 Å². The number of guanidine groups is 1. The number of rotatable bonds is 3. The van der Waals surface area contributed by atoms with Crippen molar-refractivity contribution in [2.24, 2.45) is 10.7 Å². The summed E-state index contributed by atoms with van der Waals surface area (Å²) in [4.78, 5) is 14.1. The summed E-state index contributed by atoms with van der Waals surface area (Å²) < 4.78 is 5.50. The van der Waals surface area contributed by atoms with E-state index in [0.717, 1.165) is 30.2 Å². The Morgan fingerprint density at radius 3 is 3.05 bits per heavy atom. The zero-order chi connectivity index (χ0) is 15.4. The molecule has 0 amide bonds. The molecule has 22 heavy (non-hydrogen) atoms. The van der Waals surface area contributed by atoms with Crippen LogP contribution < -0.4 is 5.73 Å². The number of nitrogens with two attached hydrogens (primary N) is 1. The zero-order valence-corrected chi connectivity index (χ0v) is 12.7. The Morgan fingerprint density at radius 2 is 2.27 bits per heavy atom. The minimum atomic E-state index is 0.191. The van der Waals surface area contributed by atoms with Crippen molar-refractivity contribution in [1.29, 1.82) is 0 Å². The normalized spacial score (nSPS) is 19.4. The van der Waals surface area contributed by atoms with E-state index >= 15 is 0 Å². The first-order valence-electron chi connectivity index (χ1n) is 7.48. The van der Waals surface area contributed by atoms with Gasteiger partial charge < -0.3 is 20.4 Å². The van der Waals surface area contributed by atoms with Gasteiger partial charge in [-0.25, -0.2) is 9.98 Å². The molecule has 6 heteroatoms. The minimum Gasteiger partial charge on any atom is -0.375 e. The molecule has 1 fully saturated rings. The number of aromatic nitrogens is 2. The molecule has 3 N–H and O–H groups in total. The largest absolute Gasteiger partial charge is 0.375 e. The molecule has 2 aromatic rings. The highest BCUT2D eigenvalue weighted by Gasteiger charge is 2.17. The van der Waals surface area contributed by atoms with Crippen molar-refractivity contribution in [3.8, 4) is 11.3 Å². The summed E-state index contributed by atoms with van der Waals surface area (Å²) in [6, 6.07) is 10.1. The lowest BCUT2D eigenvalue weighted by Gasteiger charge is -2.31. The molecule has 116 valence electrons. The molecule has 2 heterocycles. The van der Waals surface area contributed by atoms with Gasteiger partial charge in [0.05, 0.1) is 24.6 Å². The molecule has 1 aliphatic rings. The van der Waals surface area contributed by atoms with Gasteiger partial charge in [0.1, 0.15) is 12.4 Å². The highest BCUT2D eigenvalue weighted by Crippen LogP contribution is 2.16. The number of imidazole rings is 1. The topological polar surface area (TPSA) is 79.5 Å². The third-order valence-corrected chi connectivity index (χ3v) is 3.67. The highest BCUT2D eigenvalue weighted by molar-refractivity contribution is 5.78. The molecule has 0 aliphatic carbocycles. The summed E-state index contributed by atoms with van der Waals surface area (Å²) in [5.41, 5.74) is 8.16. The Kier molecular flexibility index (Phi) is 4.39. The fraction of sp³-hybridized carbons (Fsp3) is 0.375. The quantitative estimate of drug-likeness (QED) is 0.666. The third-order valence-electron chi connectivity index (χ3n) is 3.67. The molecule has 1 atom stereocenters. The monoisotopic (exact) mass is 299 g/mol. The van der Waals surface area contributed by atoms with Crippen molar-refractivity contribution in [1.82, 2.24) is 14.9 Å². The number of H-pyrrole nitrogens is 1. The molecule has 1 unspecified atom stereocenters. The molecule has 0 spiro atoms. The zero-order valence-electron chi connectivity index (χ0n) is 12.7. The summed E-state index contributed by atoms with van der Waals surface area (Å²) in [6.07, 6.45) is 2.02. The van der Waals surface area contributed by atoms with Gasteiger partial charge in [-0.15, -0.1) is 0 Å². The predicted octanol–water partition coefficient (Wildman–Crippen LogP) is 1.61. The molecular formula is C16H21N5O. The van der Waals surface area contributed by atoms with Crippen molar-refractivity contribution >= 4 is 5.96 Å². The van der Waals surface area contributed by atoms with Crippen LogP contribution in [0.3, 0.4) is 0 Å². The lowest BCUT2D eigenvalue weighted by Crippen LogP contribution is -2.47. The van der Waals surface area contributed by atoms with Gasteiger partial charge in [-0.3, -0.25) is 0 Å². The summed E-state index contributed by atoms with van der Waals surface area (Å²) in [6.45, 7) is 4.74. The number of nitrogens with one attached hydrogen (secondary N) is 1. The second kappa shape index (κ2) is 6.62. The van der Waals surface area contributed by atoms with E-state index in [1.807, 2.05) is 43.5 Å². The van der Waals surface area contributed by atoms with Crippen molar-refractivity contribution in [3.05, 3.63) is 42.4 Å². The summed E-state index contributed by atoms with van der Waals surface area (Å²) in [7, 11) is 0. The van der Waals surface area contributed by atoms with Crippen LogP contribution in [0.5, 0.6) is 0 Å². The van der Waals surface area contributed by atoms with E-state index in [0.29, 0.717) is 19.1 Å². The fourth-order valence-corrected chi connectivity index (χ4v) is 2.49. The van der Waals surface area contributed by atoms with Gasteiger partial charge in [0.15, 0.2) is 5.96 Å². The number of nitrogens with zero attached hydrogens (tertiary/aromatic N) is 3. The predicted molar refractivity (Wildman–Crippen MR) is 86.3 cm³/mol. The van der Waals surface area contributed by atoms with E-state index in [9.17, 15) is 0 Å². The highest BCUT2D eigenvalue weighted by atomic mass is 16.5. The average Bonchev–Trinajstić information content (AvgIpc) is 3.02. The van der Waals surface area contributed by atoms with E-state index in [1.54, 1.807) is 0 Å². The van der Waals surface area contributed by atoms with E-state index in [2.05, 4.69) is 19.9 Å². The van der Waals surface area contributed by atoms with Gasteiger partial charge in [0, 0.05) is 13.1 Å². The molecule has 1 aromatic heterocycles. The number of hydrogen-bond acceptors (Lipinski definition) is 3. The summed E-state index contributed by atoms with van der Waals surface area (Å²) in [5.74, 6) is 1.36. The number of morpholine rings is 1. The van der Waals surface area contributed by atoms with E-state index in [1.165, 1.54) is 0 Å². The Bertz CT molecular complexity index is 637. The summed E-state index contributed by atoms with van der Waals surface area (Å²) >= 11 is 0. The number of aliphatic imine (C=N–C) groups is 1. The average molecular weight is 299 g/mol. The second-order valence-corrected chi connectivity index (χ2v) is 5.41. The second-order valence-electron chi connectivity index (χ2n) is 5.41. The molecule has 0 radical (unpaired) electrons. The van der Waals surface area contributed by atoms with Crippen molar-refractivity contribution in [2.75, 3.05) is 19.7 Å². The van der Waals surface area contributed by atoms with Crippen LogP contribution in [0, 0.1) is 0 Å². The van der Waals surface area contributed by atoms with Gasteiger partial charge in [-0.1, -0.05) is 30.3 Å². The van der Waals surface area contributed by atoms with Gasteiger partial charge in [-0.2, -0.15) is 0 Å². The standard InChI is InChI=1S/C16H21N5O/c1-12-11-21(7-8-22-12)16(17)19-10-15-18-9-14(20-15)13-5-3-2-4-6-13/h2-6,9,12H,7-8,10-11H2,1H3,(H2,17,19)(H,18,20). The SMILES string of the molecule is CC1CN(C(N)=NCc2ncc(-c3ccccc3)[nH]2)CCO1. The van der Waals surface area contributed by atoms with Crippen LogP contribution in [0.25, 0.3) is 11.3 Å². The molecule has 0 bridgehead atoms. The molecule has 3 rings (SSSR count). The number of hydrogen-bond donors (Lipinski definition) is 2. The first-order chi connectivity index (χ1) is 10.7. The number of ether oxygens (including phenoxy) is 1. The smallest absolute Gasteiger partial charge is 0.191 e. The summed E-state index contributed by atoms with van der Waals surface area (Å²) in [5, 5.41) is 0. The van der Waals surface area contributed by atoms with Gasteiger partial charge in [0.25, 0.3) is 0 Å². The maximum Gasteiger partial charge on any atom is 0.191 e. The Morgan fingerprint density at radius 1 is 1.45 bits per heavy atom. The molecule has 1 saturated heterocycles. The van der Waals surface area contributed by atoms with Crippen LogP contribution in [-0.4, -0.2) is 46.6 Å². The van der Waals surface area contributed by atoms with Crippen LogP contribution in [0.1, 0.15) is 12.7 Å². The number of aromatic amines is 1. The van der Waals surface area contributed by atoms with Gasteiger partial charge in [0.2, 0.25) is 0 Å². The van der Waals surface area contributed by atoms with Crippen LogP contribution in [-0.2, 0) is 11.3 Å². The van der Waals surface area contributed by atoms with E-state index in [4.69, 9.17) is 10.5 Å². The van der Waals surface area contributed by atoms with Crippen LogP contribution in [0.4, 0.5) is 0 Å². The van der Waals surface area contributed by atoms with Crippen molar-refractivity contribution < 1.29 is 4.74 Å². The van der Waals surface area contributed by atoms with E-state index in [-0.39, 0.29) is 6.10 Å².